The van der Waals surface area contributed by atoms with Gasteiger partial charge in [-0.25, -0.2) is 9.37 Å². The summed E-state index contributed by atoms with van der Waals surface area (Å²) >= 11 is 4.44. The molecule has 1 aromatic carbocycles. The molecule has 0 aliphatic heterocycles. The lowest BCUT2D eigenvalue weighted by Crippen LogP contribution is -1.84. The van der Waals surface area contributed by atoms with E-state index in [9.17, 15) is 4.39 Å². The second-order valence-electron chi connectivity index (χ2n) is 2.61. The molecule has 0 unspecified atom stereocenters. The maximum absolute atomic E-state index is 13.4. The van der Waals surface area contributed by atoms with Crippen molar-refractivity contribution in [2.75, 3.05) is 0 Å². The van der Waals surface area contributed by atoms with E-state index in [1.54, 1.807) is 12.1 Å². The van der Waals surface area contributed by atoms with E-state index in [0.717, 1.165) is 0 Å². The van der Waals surface area contributed by atoms with Gasteiger partial charge in [0.1, 0.15) is 10.8 Å². The summed E-state index contributed by atoms with van der Waals surface area (Å²) in [7, 11) is 0. The van der Waals surface area contributed by atoms with Crippen LogP contribution >= 0.6 is 27.3 Å². The van der Waals surface area contributed by atoms with Gasteiger partial charge in [0.25, 0.3) is 0 Å². The summed E-state index contributed by atoms with van der Waals surface area (Å²) in [6.07, 6.45) is 0. The van der Waals surface area contributed by atoms with Crippen LogP contribution in [0.1, 0.15) is 0 Å². The fourth-order valence-electron chi connectivity index (χ4n) is 1.08. The molecule has 1 heterocycles. The van der Waals surface area contributed by atoms with Crippen LogP contribution in [-0.2, 0) is 0 Å². The molecule has 0 aliphatic rings. The molecule has 72 valence electrons. The van der Waals surface area contributed by atoms with Crippen LogP contribution in [0.3, 0.4) is 0 Å². The minimum atomic E-state index is -0.353. The predicted octanol–water partition coefficient (Wildman–Crippen LogP) is 3.42. The Kier molecular flexibility index (Phi) is 2.52. The highest BCUT2D eigenvalue weighted by Crippen LogP contribution is 2.34. The van der Waals surface area contributed by atoms with E-state index in [1.165, 1.54) is 22.8 Å². The average Bonchev–Trinajstić information content (AvgIpc) is 2.51. The first-order chi connectivity index (χ1) is 6.68. The topological polar surface area (TPSA) is 33.1 Å². The van der Waals surface area contributed by atoms with E-state index in [0.29, 0.717) is 15.0 Å². The first-order valence-corrected chi connectivity index (χ1v) is 5.44. The molecule has 5 heteroatoms. The second-order valence-corrected chi connectivity index (χ2v) is 4.32. The third-order valence-electron chi connectivity index (χ3n) is 1.67. The summed E-state index contributed by atoms with van der Waals surface area (Å²) < 4.78 is 14.0. The summed E-state index contributed by atoms with van der Waals surface area (Å²) in [4.78, 5) is 3.81. The third-order valence-corrected chi connectivity index (χ3v) is 3.18. The van der Waals surface area contributed by atoms with Crippen LogP contribution in [0.4, 0.5) is 4.39 Å². The minimum absolute atomic E-state index is 0.0832. The Morgan fingerprint density at radius 3 is 2.79 bits per heavy atom. The predicted molar refractivity (Wildman–Crippen MR) is 56.9 cm³/mol. The molecule has 0 saturated carbocycles. The Bertz CT molecular complexity index is 451. The van der Waals surface area contributed by atoms with Crippen molar-refractivity contribution in [1.82, 2.24) is 4.98 Å². The Balaban J connectivity index is 2.61. The van der Waals surface area contributed by atoms with Gasteiger partial charge in [0, 0.05) is 4.47 Å². The molecule has 2 aromatic rings. The van der Waals surface area contributed by atoms with Crippen LogP contribution in [0.15, 0.2) is 28.1 Å². The van der Waals surface area contributed by atoms with Gasteiger partial charge in [-0.1, -0.05) is 6.07 Å². The highest BCUT2D eigenvalue weighted by atomic mass is 79.9. The van der Waals surface area contributed by atoms with Gasteiger partial charge in [0.2, 0.25) is 5.88 Å². The molecule has 0 spiro atoms. The first kappa shape index (κ1) is 9.61. The van der Waals surface area contributed by atoms with Crippen molar-refractivity contribution in [1.29, 1.82) is 0 Å². The summed E-state index contributed by atoms with van der Waals surface area (Å²) in [6.45, 7) is 0. The van der Waals surface area contributed by atoms with Crippen LogP contribution in [0, 0.1) is 5.82 Å². The van der Waals surface area contributed by atoms with Gasteiger partial charge < -0.3 is 5.11 Å². The normalized spacial score (nSPS) is 10.4. The average molecular weight is 274 g/mol. The standard InChI is InChI=1S/C9H5BrFNOS/c10-5-2-1-3-6(11)8(5)9-12-7(13)4-14-9/h1-4,13H. The number of halogens is 2. The van der Waals surface area contributed by atoms with Gasteiger partial charge in [0.05, 0.1) is 10.9 Å². The Labute approximate surface area is 92.2 Å². The SMILES string of the molecule is Oc1csc(-c2c(F)cccc2Br)n1. The molecular formula is C9H5BrFNOS. The van der Waals surface area contributed by atoms with Gasteiger partial charge in [-0.2, -0.15) is 0 Å². The molecule has 0 aliphatic carbocycles. The van der Waals surface area contributed by atoms with Gasteiger partial charge in [-0.15, -0.1) is 11.3 Å². The lowest BCUT2D eigenvalue weighted by Gasteiger charge is -2.00. The minimum Gasteiger partial charge on any atom is -0.493 e. The van der Waals surface area contributed by atoms with Crippen molar-refractivity contribution in [3.63, 3.8) is 0 Å². The van der Waals surface area contributed by atoms with Gasteiger partial charge in [0.15, 0.2) is 0 Å². The molecule has 0 atom stereocenters. The van der Waals surface area contributed by atoms with E-state index in [1.807, 2.05) is 0 Å². The molecule has 0 saturated heterocycles. The van der Waals surface area contributed by atoms with Gasteiger partial charge in [-0.05, 0) is 28.1 Å². The summed E-state index contributed by atoms with van der Waals surface area (Å²) in [5.74, 6) is -0.436. The van der Waals surface area contributed by atoms with Crippen LogP contribution in [0.25, 0.3) is 10.6 Å². The van der Waals surface area contributed by atoms with Crippen molar-refractivity contribution in [2.45, 2.75) is 0 Å². The molecule has 1 N–H and O–H groups in total. The van der Waals surface area contributed by atoms with E-state index in [-0.39, 0.29) is 11.7 Å². The van der Waals surface area contributed by atoms with Crippen LogP contribution < -0.4 is 0 Å². The van der Waals surface area contributed by atoms with Crippen molar-refractivity contribution in [3.8, 4) is 16.5 Å². The van der Waals surface area contributed by atoms with Crippen LogP contribution in [0.5, 0.6) is 5.88 Å². The Morgan fingerprint density at radius 1 is 1.43 bits per heavy atom. The van der Waals surface area contributed by atoms with Gasteiger partial charge in [-0.3, -0.25) is 0 Å². The molecule has 14 heavy (non-hydrogen) atoms. The zero-order chi connectivity index (χ0) is 10.1. The smallest absolute Gasteiger partial charge is 0.222 e. The van der Waals surface area contributed by atoms with Crippen LogP contribution in [-0.4, -0.2) is 10.1 Å². The van der Waals surface area contributed by atoms with Gasteiger partial charge >= 0.3 is 0 Å². The second kappa shape index (κ2) is 3.67. The highest BCUT2D eigenvalue weighted by molar-refractivity contribution is 9.10. The number of thiazole rings is 1. The number of hydrogen-bond donors (Lipinski definition) is 1. The Morgan fingerprint density at radius 2 is 2.21 bits per heavy atom. The fraction of sp³-hybridized carbons (Fsp3) is 0. The highest BCUT2D eigenvalue weighted by Gasteiger charge is 2.12. The van der Waals surface area contributed by atoms with Crippen molar-refractivity contribution < 1.29 is 9.50 Å². The van der Waals surface area contributed by atoms with E-state index >= 15 is 0 Å². The molecule has 0 radical (unpaired) electrons. The monoisotopic (exact) mass is 273 g/mol. The number of aromatic nitrogens is 1. The van der Waals surface area contributed by atoms with E-state index in [4.69, 9.17) is 5.11 Å². The molecule has 2 nitrogen and oxygen atoms in total. The number of nitrogens with zero attached hydrogens (tertiary/aromatic N) is 1. The molecule has 0 bridgehead atoms. The van der Waals surface area contributed by atoms with Crippen molar-refractivity contribution >= 4 is 27.3 Å². The molecular weight excluding hydrogens is 269 g/mol. The number of aromatic hydroxyl groups is 1. The molecule has 0 fully saturated rings. The maximum atomic E-state index is 13.4. The number of hydrogen-bond acceptors (Lipinski definition) is 3. The first-order valence-electron chi connectivity index (χ1n) is 3.77. The summed E-state index contributed by atoms with van der Waals surface area (Å²) in [6, 6.07) is 4.70. The lowest BCUT2D eigenvalue weighted by molar-refractivity contribution is 0.458. The maximum Gasteiger partial charge on any atom is 0.222 e. The quantitative estimate of drug-likeness (QED) is 0.864. The van der Waals surface area contributed by atoms with Crippen molar-refractivity contribution in [2.24, 2.45) is 0 Å². The van der Waals surface area contributed by atoms with E-state index in [2.05, 4.69) is 20.9 Å². The molecule has 1 aromatic heterocycles. The zero-order valence-electron chi connectivity index (χ0n) is 6.87. The lowest BCUT2D eigenvalue weighted by atomic mass is 10.2. The Hall–Kier alpha value is -0.940. The number of rotatable bonds is 1. The summed E-state index contributed by atoms with van der Waals surface area (Å²) in [5, 5.41) is 11.0. The largest absolute Gasteiger partial charge is 0.493 e. The van der Waals surface area contributed by atoms with Crippen LogP contribution in [0.2, 0.25) is 0 Å². The molecule has 0 amide bonds. The third kappa shape index (κ3) is 1.65. The summed E-state index contributed by atoms with van der Waals surface area (Å²) in [5.41, 5.74) is 0.387. The number of benzene rings is 1. The molecule has 2 rings (SSSR count). The van der Waals surface area contributed by atoms with Crippen molar-refractivity contribution in [3.05, 3.63) is 33.9 Å². The van der Waals surface area contributed by atoms with E-state index < -0.39 is 0 Å². The fourth-order valence-corrected chi connectivity index (χ4v) is 2.48. The zero-order valence-corrected chi connectivity index (χ0v) is 9.27.